The number of benzene rings is 4. The minimum absolute atomic E-state index is 0.0159. The third kappa shape index (κ3) is 19.6. The molecule has 3 aliphatic rings. The number of anilines is 2. The van der Waals surface area contributed by atoms with E-state index in [-0.39, 0.29) is 88.5 Å². The Kier molecular flexibility index (Phi) is 25.5. The van der Waals surface area contributed by atoms with Gasteiger partial charge in [0.05, 0.1) is 55.0 Å². The van der Waals surface area contributed by atoms with Crippen molar-refractivity contribution in [2.24, 2.45) is 16.2 Å². The van der Waals surface area contributed by atoms with Gasteiger partial charge in [-0.15, -0.1) is 25.1 Å². The Morgan fingerprint density at radius 1 is 0.679 bits per heavy atom. The molecule has 37 heteroatoms. The highest BCUT2D eigenvalue weighted by Gasteiger charge is 2.50. The first-order chi connectivity index (χ1) is 51.2. The van der Waals surface area contributed by atoms with E-state index in [1.807, 2.05) is 84.2 Å². The van der Waals surface area contributed by atoms with E-state index in [0.717, 1.165) is 17.8 Å². The van der Waals surface area contributed by atoms with Gasteiger partial charge in [0, 0.05) is 108 Å². The fraction of sp³-hybridized carbons (Fsp3) is 0.486. The summed E-state index contributed by atoms with van der Waals surface area (Å²) in [6, 6.07) is 17.6. The zero-order chi connectivity index (χ0) is 79.6. The number of methoxy groups -OCH3 is 1. The number of hydrogen-bond donors (Lipinski definition) is 10. The lowest BCUT2D eigenvalue weighted by Crippen LogP contribution is -2.61. The van der Waals surface area contributed by atoms with E-state index in [4.69, 9.17) is 53.1 Å². The second kappa shape index (κ2) is 33.5. The van der Waals surface area contributed by atoms with Gasteiger partial charge in [-0.1, -0.05) is 83.2 Å². The van der Waals surface area contributed by atoms with Gasteiger partial charge in [0.1, 0.15) is 59.5 Å². The van der Waals surface area contributed by atoms with Crippen LogP contribution in [0.15, 0.2) is 97.5 Å². The first-order valence-electron chi connectivity index (χ1n) is 34.2. The molecule has 0 spiro atoms. The molecule has 10 N–H and O–H groups in total. The fourth-order valence-electron chi connectivity index (χ4n) is 12.6. The molecule has 0 saturated carbocycles. The van der Waals surface area contributed by atoms with Crippen molar-refractivity contribution in [3.05, 3.63) is 126 Å². The van der Waals surface area contributed by atoms with E-state index in [2.05, 4.69) is 25.9 Å². The van der Waals surface area contributed by atoms with Crippen LogP contribution in [0.3, 0.4) is 0 Å². The molecule has 7 aromatic rings. The normalized spacial score (nSPS) is 21.9. The van der Waals surface area contributed by atoms with Crippen molar-refractivity contribution in [3.8, 4) is 28.7 Å². The number of ether oxygens (including phenoxy) is 7. The molecule has 10 rings (SSSR count). The molecule has 0 aliphatic carbocycles. The third-order valence-corrected chi connectivity index (χ3v) is 20.1. The van der Waals surface area contributed by atoms with Crippen LogP contribution in [0.1, 0.15) is 104 Å². The van der Waals surface area contributed by atoms with Gasteiger partial charge in [0.15, 0.2) is 29.5 Å². The molecule has 3 aliphatic heterocycles. The number of carboxylic acids is 2. The average molecular weight is 1670 g/mol. The molecule has 2 fully saturated rings. The number of carboxylic acid groups (broad SMARTS) is 2. The second-order valence-electron chi connectivity index (χ2n) is 30.0. The number of nitrogens with zero attached hydrogens (tertiary/aromatic N) is 7. The van der Waals surface area contributed by atoms with Crippen LogP contribution in [-0.2, 0) is 55.7 Å². The smallest absolute Gasteiger partial charge is 0.497 e. The van der Waals surface area contributed by atoms with E-state index in [9.17, 15) is 78.0 Å². The van der Waals surface area contributed by atoms with Crippen molar-refractivity contribution < 1.29 is 120 Å². The SMILES string of the molecule is COc1ccc2c(OS(=O)(=O)Oc3cc(C(=O)N(C)CC(C)(C)COCC(C)(C)Cn4cc(C(C)(C)COCC(C)(C)CNC(=O)CI)nn4)ccc3O[C@@H]3O[C@H](C(=O)O)[C@@H](O)[C@H](O)[C@H]3O)cc3c(c2c1)[C@H](CCl)CN3C(=O)c1cn2cc(NC(=O)c3ccc(O[C@@H]4O[C@H](C(=O)O)[C@@H](O)[C@H](O)[C@H]4O)cc3)ccc2n1. The van der Waals surface area contributed by atoms with Gasteiger partial charge in [-0.05, 0) is 83.7 Å². The zero-order valence-corrected chi connectivity index (χ0v) is 64.7. The summed E-state index contributed by atoms with van der Waals surface area (Å²) in [6.07, 6.45) is -15.1. The summed E-state index contributed by atoms with van der Waals surface area (Å²) in [6.45, 7) is 18.0. The van der Waals surface area contributed by atoms with Crippen LogP contribution in [0.2, 0.25) is 0 Å². The molecule has 4 amide bonds. The Hall–Kier alpha value is -8.64. The van der Waals surface area contributed by atoms with E-state index in [1.165, 1.54) is 101 Å². The lowest BCUT2D eigenvalue weighted by atomic mass is 9.90. The van der Waals surface area contributed by atoms with Gasteiger partial charge in [0.2, 0.25) is 18.5 Å². The van der Waals surface area contributed by atoms with Crippen molar-refractivity contribution >= 4 is 108 Å². The molecule has 6 heterocycles. The van der Waals surface area contributed by atoms with Gasteiger partial charge in [-0.3, -0.25) is 23.9 Å². The molecule has 11 atom stereocenters. The molecule has 34 nitrogen and oxygen atoms in total. The van der Waals surface area contributed by atoms with Gasteiger partial charge < -0.3 is 107 Å². The van der Waals surface area contributed by atoms with Crippen molar-refractivity contribution in [1.82, 2.24) is 34.6 Å². The van der Waals surface area contributed by atoms with Crippen molar-refractivity contribution in [1.29, 1.82) is 0 Å². The molecular weight excluding hydrogens is 1590 g/mol. The maximum atomic E-state index is 14.9. The number of imidazole rings is 1. The van der Waals surface area contributed by atoms with E-state index in [0.29, 0.717) is 47.4 Å². The van der Waals surface area contributed by atoms with Crippen LogP contribution in [0.5, 0.6) is 28.7 Å². The molecule has 0 unspecified atom stereocenters. The summed E-state index contributed by atoms with van der Waals surface area (Å²) >= 11 is 8.68. The summed E-state index contributed by atoms with van der Waals surface area (Å²) in [5.41, 5.74) is -0.238. The number of aliphatic hydroxyl groups excluding tert-OH is 6. The average Bonchev–Trinajstić information content (AvgIpc) is 1.62. The van der Waals surface area contributed by atoms with Crippen LogP contribution < -0.4 is 38.1 Å². The maximum absolute atomic E-state index is 14.9. The second-order valence-corrected chi connectivity index (χ2v) is 32.2. The number of alkyl halides is 2. The first-order valence-corrected chi connectivity index (χ1v) is 37.6. The van der Waals surface area contributed by atoms with Gasteiger partial charge >= 0.3 is 22.3 Å². The molecule has 0 bridgehead atoms. The fourth-order valence-corrected chi connectivity index (χ4v) is 13.9. The highest BCUT2D eigenvalue weighted by Crippen LogP contribution is 2.48. The van der Waals surface area contributed by atoms with E-state index < -0.39 is 141 Å². The Labute approximate surface area is 644 Å². The lowest BCUT2D eigenvalue weighted by Gasteiger charge is -2.38. The lowest BCUT2D eigenvalue weighted by molar-refractivity contribution is -0.271. The van der Waals surface area contributed by atoms with Crippen LogP contribution in [0.4, 0.5) is 11.4 Å². The molecule has 590 valence electrons. The van der Waals surface area contributed by atoms with Crippen LogP contribution >= 0.6 is 34.2 Å². The monoisotopic (exact) mass is 1670 g/mol. The molecule has 109 heavy (non-hydrogen) atoms. The standard InChI is InChI=1S/C72H87ClIN9O25S/c1-69(2,30-75-52(84)25-74)33-102-36-72(7,8)50-29-82(79-78-50)32-71(5,6)35-101-34-70(3,4)31-80(9)63(92)38-13-19-47(104-68-59(90)55(86)57(88)61(106-68)66(96)97)49(21-38)108-109(98,99)107-48-23-46-53(44-22-42(100-10)17-18-43(44)48)39(24-73)26-83(46)64(93)45-28-81-27-40(14-20-51(81)77-45)76-62(91)37-11-15-41(16-12-37)103-67-58(89)54(85)56(87)60(105-67)65(94)95/h11-23,27-29,39,54-61,67-68,85-90H,24-26,30-36H2,1-10H3,(H,75,84)(H,76,91)(H,94,95)(H,96,97)/t39-,54+,55+,56+,57+,58-,59-,60+,61+,67-,68-/m1/s1. The zero-order valence-electron chi connectivity index (χ0n) is 61.0. The highest BCUT2D eigenvalue weighted by atomic mass is 127. The number of carbonyl (C=O) groups is 6. The number of halogens is 2. The molecule has 2 saturated heterocycles. The topological polar surface area (TPSA) is 460 Å². The Bertz CT molecular complexity index is 4640. The van der Waals surface area contributed by atoms with Crippen LogP contribution in [0.25, 0.3) is 16.4 Å². The number of aliphatic carboxylic acids is 2. The Morgan fingerprint density at radius 3 is 1.92 bits per heavy atom. The maximum Gasteiger partial charge on any atom is 0.501 e. The molecule has 4 aromatic carbocycles. The third-order valence-electron chi connectivity index (χ3n) is 18.3. The van der Waals surface area contributed by atoms with Crippen molar-refractivity contribution in [2.45, 2.75) is 135 Å². The van der Waals surface area contributed by atoms with Gasteiger partial charge in [0.25, 0.3) is 17.7 Å². The van der Waals surface area contributed by atoms with Crippen LogP contribution in [-0.4, -0.2) is 246 Å². The minimum Gasteiger partial charge on any atom is -0.497 e. The van der Waals surface area contributed by atoms with E-state index in [1.54, 1.807) is 10.7 Å². The molecular formula is C72H87ClIN9O25S. The number of amides is 4. The van der Waals surface area contributed by atoms with Crippen LogP contribution in [0, 0.1) is 16.2 Å². The van der Waals surface area contributed by atoms with Gasteiger partial charge in [-0.2, -0.15) is 0 Å². The Morgan fingerprint density at radius 2 is 1.28 bits per heavy atom. The van der Waals surface area contributed by atoms with Crippen molar-refractivity contribution in [2.75, 3.05) is 80.7 Å². The van der Waals surface area contributed by atoms with Gasteiger partial charge in [-0.25, -0.2) is 14.6 Å². The highest BCUT2D eigenvalue weighted by molar-refractivity contribution is 14.1. The number of carbonyl (C=O) groups excluding carboxylic acids is 4. The van der Waals surface area contributed by atoms with E-state index >= 15 is 0 Å². The van der Waals surface area contributed by atoms with Crippen molar-refractivity contribution in [3.63, 3.8) is 0 Å². The molecule has 3 aromatic heterocycles. The Balaban J connectivity index is 0.846. The minimum atomic E-state index is -5.45. The molecule has 0 radical (unpaired) electrons. The predicted molar refractivity (Wildman–Crippen MR) is 397 cm³/mol. The number of nitrogens with one attached hydrogen (secondary N) is 2. The predicted octanol–water partition coefficient (Wildman–Crippen LogP) is 4.28. The summed E-state index contributed by atoms with van der Waals surface area (Å²) < 4.78 is 84.4. The number of aromatic nitrogens is 5. The number of hydrogen-bond acceptors (Lipinski definition) is 26. The first kappa shape index (κ1) is 82.8. The summed E-state index contributed by atoms with van der Waals surface area (Å²) in [7, 11) is -2.53. The number of fused-ring (bicyclic) bond motifs is 4. The summed E-state index contributed by atoms with van der Waals surface area (Å²) in [5, 5.41) is 97.1. The summed E-state index contributed by atoms with van der Waals surface area (Å²) in [4.78, 5) is 85.7. The summed E-state index contributed by atoms with van der Waals surface area (Å²) in [5.74, 6) is -7.37. The largest absolute Gasteiger partial charge is 0.501 e. The number of pyridine rings is 1. The number of rotatable bonds is 32. The number of aliphatic hydroxyl groups is 6. The quantitative estimate of drug-likeness (QED) is 0.0208.